The molecule has 6 heteroatoms. The van der Waals surface area contributed by atoms with Gasteiger partial charge in [-0.15, -0.1) is 0 Å². The molecule has 2 aromatic heterocycles. The predicted molar refractivity (Wildman–Crippen MR) is 135 cm³/mol. The van der Waals surface area contributed by atoms with Gasteiger partial charge in [0.2, 0.25) is 0 Å². The number of nitrogens with zero attached hydrogens (tertiary/aromatic N) is 3. The minimum absolute atomic E-state index is 0.175. The third-order valence-electron chi connectivity index (χ3n) is 5.48. The molecular weight excluding hydrogens is 440 g/mol. The number of para-hydroxylation sites is 1. The molecule has 5 aromatic rings. The summed E-state index contributed by atoms with van der Waals surface area (Å²) in [5, 5.41) is 13.8. The van der Waals surface area contributed by atoms with Gasteiger partial charge in [-0.3, -0.25) is 9.89 Å². The summed E-state index contributed by atoms with van der Waals surface area (Å²) < 4.78 is 1.52. The highest BCUT2D eigenvalue weighted by molar-refractivity contribution is 7.99. The average molecular weight is 461 g/mol. The quantitative estimate of drug-likeness (QED) is 0.338. The number of nitrogens with one attached hydrogen (secondary N) is 1. The second-order valence-corrected chi connectivity index (χ2v) is 8.72. The predicted octanol–water partition coefficient (Wildman–Crippen LogP) is 6.23. The van der Waals surface area contributed by atoms with Crippen LogP contribution < -0.4 is 5.56 Å². The van der Waals surface area contributed by atoms with Crippen molar-refractivity contribution in [1.82, 2.24) is 14.8 Å². The minimum Gasteiger partial charge on any atom is -0.294 e. The van der Waals surface area contributed by atoms with E-state index in [4.69, 9.17) is 4.98 Å². The van der Waals surface area contributed by atoms with Crippen LogP contribution in [0.15, 0.2) is 112 Å². The van der Waals surface area contributed by atoms with Crippen LogP contribution in [0.25, 0.3) is 28.1 Å². The van der Waals surface area contributed by atoms with E-state index in [0.717, 1.165) is 33.8 Å². The molecule has 1 N–H and O–H groups in total. The molecule has 3 aromatic carbocycles. The summed E-state index contributed by atoms with van der Waals surface area (Å²) >= 11 is 1.23. The molecule has 164 valence electrons. The number of hydrogen-bond acceptors (Lipinski definition) is 4. The summed E-state index contributed by atoms with van der Waals surface area (Å²) in [5.74, 6) is 0. The maximum atomic E-state index is 13.3. The van der Waals surface area contributed by atoms with Crippen molar-refractivity contribution in [1.29, 1.82) is 5.26 Å². The molecule has 0 atom stereocenters. The van der Waals surface area contributed by atoms with E-state index in [-0.39, 0.29) is 5.56 Å². The fraction of sp³-hybridized carbons (Fsp3) is 0.0357. The first-order valence-corrected chi connectivity index (χ1v) is 11.6. The van der Waals surface area contributed by atoms with Crippen LogP contribution in [-0.4, -0.2) is 14.8 Å². The first kappa shape index (κ1) is 21.5. The van der Waals surface area contributed by atoms with Crippen LogP contribution >= 0.6 is 11.8 Å². The fourth-order valence-corrected chi connectivity index (χ4v) is 4.79. The van der Waals surface area contributed by atoms with Gasteiger partial charge in [0.05, 0.1) is 16.9 Å². The van der Waals surface area contributed by atoms with Crippen molar-refractivity contribution in [3.63, 3.8) is 0 Å². The highest BCUT2D eigenvalue weighted by Gasteiger charge is 2.20. The lowest BCUT2D eigenvalue weighted by Crippen LogP contribution is -2.15. The van der Waals surface area contributed by atoms with Gasteiger partial charge in [0.15, 0.2) is 0 Å². The maximum Gasteiger partial charge on any atom is 0.285 e. The second kappa shape index (κ2) is 9.26. The Hall–Kier alpha value is -4.34. The first-order valence-electron chi connectivity index (χ1n) is 10.8. The Morgan fingerprint density at radius 1 is 0.882 bits per heavy atom. The van der Waals surface area contributed by atoms with Crippen LogP contribution in [0.2, 0.25) is 0 Å². The number of H-pyrrole nitrogens is 1. The van der Waals surface area contributed by atoms with Crippen molar-refractivity contribution in [2.75, 3.05) is 0 Å². The van der Waals surface area contributed by atoms with E-state index in [1.165, 1.54) is 16.4 Å². The Kier molecular flexibility index (Phi) is 5.86. The summed E-state index contributed by atoms with van der Waals surface area (Å²) in [6.07, 6.45) is 0. The lowest BCUT2D eigenvalue weighted by molar-refractivity contribution is 0.834. The number of nitriles is 1. The molecule has 0 bridgehead atoms. The van der Waals surface area contributed by atoms with Crippen LogP contribution in [-0.2, 0) is 0 Å². The molecule has 0 unspecified atom stereocenters. The summed E-state index contributed by atoms with van der Waals surface area (Å²) in [7, 11) is 0. The number of pyridine rings is 1. The van der Waals surface area contributed by atoms with E-state index in [1.807, 2.05) is 104 Å². The van der Waals surface area contributed by atoms with Gasteiger partial charge in [-0.1, -0.05) is 90.6 Å². The number of rotatable bonds is 5. The summed E-state index contributed by atoms with van der Waals surface area (Å²) in [4.78, 5) is 18.7. The zero-order valence-corrected chi connectivity index (χ0v) is 19.2. The topological polar surface area (TPSA) is 74.5 Å². The van der Waals surface area contributed by atoms with Gasteiger partial charge in [-0.2, -0.15) is 5.26 Å². The highest BCUT2D eigenvalue weighted by Crippen LogP contribution is 2.37. The molecule has 5 rings (SSSR count). The maximum absolute atomic E-state index is 13.3. The van der Waals surface area contributed by atoms with Crippen LogP contribution in [0.3, 0.4) is 0 Å². The lowest BCUT2D eigenvalue weighted by Gasteiger charge is -2.12. The van der Waals surface area contributed by atoms with Gasteiger partial charge in [-0.25, -0.2) is 9.67 Å². The van der Waals surface area contributed by atoms with Crippen molar-refractivity contribution >= 4 is 11.8 Å². The molecule has 2 heterocycles. The van der Waals surface area contributed by atoms with Crippen LogP contribution in [0.4, 0.5) is 0 Å². The molecular formula is C28H20N4OS. The van der Waals surface area contributed by atoms with E-state index < -0.39 is 0 Å². The molecule has 0 amide bonds. The molecule has 0 aliphatic rings. The van der Waals surface area contributed by atoms with E-state index in [2.05, 4.69) is 11.2 Å². The van der Waals surface area contributed by atoms with E-state index in [1.54, 1.807) is 0 Å². The molecule has 0 aliphatic heterocycles. The Bertz CT molecular complexity index is 1550. The van der Waals surface area contributed by atoms with Gasteiger partial charge in [0, 0.05) is 16.8 Å². The molecule has 0 saturated heterocycles. The monoisotopic (exact) mass is 460 g/mol. The van der Waals surface area contributed by atoms with Crippen LogP contribution in [0.5, 0.6) is 0 Å². The van der Waals surface area contributed by atoms with E-state index in [0.29, 0.717) is 15.5 Å². The van der Waals surface area contributed by atoms with Crippen molar-refractivity contribution < 1.29 is 0 Å². The molecule has 0 fully saturated rings. The molecule has 0 radical (unpaired) electrons. The molecule has 0 saturated carbocycles. The Morgan fingerprint density at radius 2 is 1.47 bits per heavy atom. The SMILES string of the molecule is Cc1[nH]n(-c2ccccc2)c(=O)c1Sc1nc(-c2ccccc2)cc(-c2ccccc2)c1C#N. The number of hydrogen-bond donors (Lipinski definition) is 1. The lowest BCUT2D eigenvalue weighted by atomic mass is 9.99. The molecule has 0 aliphatic carbocycles. The minimum atomic E-state index is -0.175. The normalized spacial score (nSPS) is 10.7. The molecule has 0 spiro atoms. The zero-order valence-electron chi connectivity index (χ0n) is 18.4. The van der Waals surface area contributed by atoms with Gasteiger partial charge < -0.3 is 0 Å². The van der Waals surface area contributed by atoms with Crippen molar-refractivity contribution in [3.05, 3.63) is 119 Å². The van der Waals surface area contributed by atoms with Crippen LogP contribution in [0, 0.1) is 18.3 Å². The second-order valence-electron chi connectivity index (χ2n) is 7.72. The third kappa shape index (κ3) is 4.05. The number of aryl methyl sites for hydroxylation is 1. The Morgan fingerprint density at radius 3 is 2.09 bits per heavy atom. The largest absolute Gasteiger partial charge is 0.294 e. The van der Waals surface area contributed by atoms with E-state index >= 15 is 0 Å². The Labute approximate surface area is 201 Å². The standard InChI is InChI=1S/C28H20N4OS/c1-19-26(28(33)32(31-19)22-15-9-4-10-16-22)34-27-24(18-29)23(20-11-5-2-6-12-20)17-25(30-27)21-13-7-3-8-14-21/h2-17,31H,1H3. The van der Waals surface area contributed by atoms with Crippen molar-refractivity contribution in [3.8, 4) is 34.1 Å². The third-order valence-corrected chi connectivity index (χ3v) is 6.66. The Balaban J connectivity index is 1.69. The summed E-state index contributed by atoms with van der Waals surface area (Å²) in [5.41, 5.74) is 5.14. The van der Waals surface area contributed by atoms with Crippen molar-refractivity contribution in [2.24, 2.45) is 0 Å². The van der Waals surface area contributed by atoms with Crippen molar-refractivity contribution in [2.45, 2.75) is 16.8 Å². The van der Waals surface area contributed by atoms with Gasteiger partial charge in [0.1, 0.15) is 16.0 Å². The zero-order chi connectivity index (χ0) is 23.5. The van der Waals surface area contributed by atoms with Gasteiger partial charge >= 0.3 is 0 Å². The molecule has 5 nitrogen and oxygen atoms in total. The summed E-state index contributed by atoms with van der Waals surface area (Å²) in [6.45, 7) is 1.86. The number of aromatic nitrogens is 3. The number of benzene rings is 3. The first-order chi connectivity index (χ1) is 16.7. The number of aromatic amines is 1. The fourth-order valence-electron chi connectivity index (χ4n) is 3.81. The smallest absolute Gasteiger partial charge is 0.285 e. The highest BCUT2D eigenvalue weighted by atomic mass is 32.2. The van der Waals surface area contributed by atoms with Crippen LogP contribution in [0.1, 0.15) is 11.3 Å². The van der Waals surface area contributed by atoms with Gasteiger partial charge in [-0.05, 0) is 30.7 Å². The van der Waals surface area contributed by atoms with E-state index in [9.17, 15) is 10.1 Å². The molecule has 34 heavy (non-hydrogen) atoms. The summed E-state index contributed by atoms with van der Waals surface area (Å²) in [6, 6.07) is 33.3. The average Bonchev–Trinajstić information content (AvgIpc) is 3.18. The van der Waals surface area contributed by atoms with Gasteiger partial charge in [0.25, 0.3) is 5.56 Å².